The average Bonchev–Trinajstić information content (AvgIpc) is 3.27. The summed E-state index contributed by atoms with van der Waals surface area (Å²) in [5.41, 5.74) is 3.97. The summed E-state index contributed by atoms with van der Waals surface area (Å²) in [5.74, 6) is -0.907. The third-order valence-electron chi connectivity index (χ3n) is 4.55. The highest BCUT2D eigenvalue weighted by atomic mass is 32.1. The molecule has 0 aliphatic carbocycles. The lowest BCUT2D eigenvalue weighted by Crippen LogP contribution is -2.26. The van der Waals surface area contributed by atoms with Gasteiger partial charge in [-0.25, -0.2) is 4.98 Å². The number of benzene rings is 2. The Morgan fingerprint density at radius 2 is 1.87 bits per heavy atom. The van der Waals surface area contributed by atoms with Crippen LogP contribution in [0.25, 0.3) is 4.96 Å². The number of carbonyl (C=O) groups excluding carboxylic acids is 2. The van der Waals surface area contributed by atoms with Gasteiger partial charge in [-0.2, -0.15) is 0 Å². The van der Waals surface area contributed by atoms with E-state index in [1.54, 1.807) is 18.3 Å². The van der Waals surface area contributed by atoms with Crippen molar-refractivity contribution < 1.29 is 14.3 Å². The summed E-state index contributed by atoms with van der Waals surface area (Å²) in [6.45, 7) is 3.93. The molecule has 1 N–H and O–H groups in total. The van der Waals surface area contributed by atoms with Crippen molar-refractivity contribution in [3.05, 3.63) is 88.7 Å². The van der Waals surface area contributed by atoms with Crippen LogP contribution in [0.3, 0.4) is 0 Å². The smallest absolute Gasteiger partial charge is 0.313 e. The Balaban J connectivity index is 1.52. The highest BCUT2D eigenvalue weighted by molar-refractivity contribution is 7.15. The zero-order valence-electron chi connectivity index (χ0n) is 16.7. The largest absolute Gasteiger partial charge is 0.447 e. The normalized spacial score (nSPS) is 11.9. The van der Waals surface area contributed by atoms with E-state index in [-0.39, 0.29) is 6.42 Å². The fraction of sp³-hybridized carbons (Fsp3) is 0.174. The Kier molecular flexibility index (Phi) is 5.63. The van der Waals surface area contributed by atoms with Crippen molar-refractivity contribution in [3.63, 3.8) is 0 Å². The lowest BCUT2D eigenvalue weighted by molar-refractivity contribution is -0.154. The number of thiazole rings is 1. The number of aryl methyl sites for hydroxylation is 2. The second kappa shape index (κ2) is 8.51. The molecule has 1 amide bonds. The first-order chi connectivity index (χ1) is 14.5. The molecule has 152 valence electrons. The minimum Gasteiger partial charge on any atom is -0.447 e. The van der Waals surface area contributed by atoms with Crippen molar-refractivity contribution in [3.8, 4) is 0 Å². The van der Waals surface area contributed by atoms with Crippen molar-refractivity contribution in [2.75, 3.05) is 5.32 Å². The van der Waals surface area contributed by atoms with Gasteiger partial charge in [-0.3, -0.25) is 14.0 Å². The summed E-state index contributed by atoms with van der Waals surface area (Å²) in [6, 6.07) is 14.8. The van der Waals surface area contributed by atoms with Crippen molar-refractivity contribution in [2.45, 2.75) is 26.4 Å². The SMILES string of the molecule is Cc1cc(C)cc(NC(=O)[C@@H](OC(=O)Cc2cn3ccsc3n2)c2ccccc2)c1. The molecule has 0 spiro atoms. The van der Waals surface area contributed by atoms with Gasteiger partial charge >= 0.3 is 5.97 Å². The maximum Gasteiger partial charge on any atom is 0.313 e. The minimum absolute atomic E-state index is 0.00539. The Labute approximate surface area is 178 Å². The molecular formula is C23H21N3O3S. The van der Waals surface area contributed by atoms with Gasteiger partial charge in [-0.1, -0.05) is 36.4 Å². The molecule has 30 heavy (non-hydrogen) atoms. The van der Waals surface area contributed by atoms with Gasteiger partial charge < -0.3 is 10.1 Å². The van der Waals surface area contributed by atoms with Gasteiger partial charge in [0.1, 0.15) is 0 Å². The van der Waals surface area contributed by atoms with Gasteiger partial charge in [-0.15, -0.1) is 11.3 Å². The number of aromatic nitrogens is 2. The molecule has 2 aromatic carbocycles. The van der Waals surface area contributed by atoms with Gasteiger partial charge in [0.25, 0.3) is 5.91 Å². The predicted octanol–water partition coefficient (Wildman–Crippen LogP) is 4.48. The predicted molar refractivity (Wildman–Crippen MR) is 117 cm³/mol. The molecule has 0 radical (unpaired) electrons. The molecule has 0 saturated heterocycles. The van der Waals surface area contributed by atoms with Crippen LogP contribution in [0, 0.1) is 13.8 Å². The molecule has 0 fully saturated rings. The molecule has 7 heteroatoms. The maximum absolute atomic E-state index is 13.0. The summed E-state index contributed by atoms with van der Waals surface area (Å²) >= 11 is 1.49. The van der Waals surface area contributed by atoms with E-state index in [2.05, 4.69) is 10.3 Å². The number of imidazole rings is 1. The first-order valence-electron chi connectivity index (χ1n) is 9.52. The maximum atomic E-state index is 13.0. The zero-order valence-corrected chi connectivity index (χ0v) is 17.5. The van der Waals surface area contributed by atoms with Crippen LogP contribution < -0.4 is 5.32 Å². The lowest BCUT2D eigenvalue weighted by Gasteiger charge is -2.18. The summed E-state index contributed by atoms with van der Waals surface area (Å²) < 4.78 is 7.47. The summed E-state index contributed by atoms with van der Waals surface area (Å²) in [4.78, 5) is 30.8. The van der Waals surface area contributed by atoms with E-state index in [9.17, 15) is 9.59 Å². The zero-order chi connectivity index (χ0) is 21.1. The highest BCUT2D eigenvalue weighted by Crippen LogP contribution is 2.22. The molecule has 0 bridgehead atoms. The topological polar surface area (TPSA) is 72.7 Å². The molecule has 2 heterocycles. The molecule has 0 aliphatic heterocycles. The van der Waals surface area contributed by atoms with Crippen molar-refractivity contribution in [2.24, 2.45) is 0 Å². The number of nitrogens with zero attached hydrogens (tertiary/aromatic N) is 2. The molecule has 0 aliphatic rings. The quantitative estimate of drug-likeness (QED) is 0.468. The number of hydrogen-bond acceptors (Lipinski definition) is 5. The number of rotatable bonds is 6. The van der Waals surface area contributed by atoms with E-state index in [0.717, 1.165) is 16.1 Å². The highest BCUT2D eigenvalue weighted by Gasteiger charge is 2.25. The number of carbonyl (C=O) groups is 2. The summed E-state index contributed by atoms with van der Waals surface area (Å²) in [6.07, 6.45) is 2.61. The van der Waals surface area contributed by atoms with Gasteiger partial charge in [0.15, 0.2) is 4.96 Å². The second-order valence-corrected chi connectivity index (χ2v) is 8.02. The minimum atomic E-state index is -1.05. The number of nitrogens with one attached hydrogen (secondary N) is 1. The van der Waals surface area contributed by atoms with Crippen LogP contribution in [0.5, 0.6) is 0 Å². The molecule has 4 rings (SSSR count). The standard InChI is InChI=1S/C23H21N3O3S/c1-15-10-16(2)12-18(11-15)24-22(28)21(17-6-4-3-5-7-17)29-20(27)13-19-14-26-8-9-30-23(26)25-19/h3-12,14,21H,13H2,1-2H3,(H,24,28)/t21-/m0/s1. The number of esters is 1. The van der Waals surface area contributed by atoms with Crippen molar-refractivity contribution >= 4 is 33.9 Å². The molecule has 1 atom stereocenters. The van der Waals surface area contributed by atoms with Crippen LogP contribution >= 0.6 is 11.3 Å². The lowest BCUT2D eigenvalue weighted by atomic mass is 10.1. The second-order valence-electron chi connectivity index (χ2n) is 7.15. The van der Waals surface area contributed by atoms with Crippen LogP contribution in [0.1, 0.15) is 28.5 Å². The molecular weight excluding hydrogens is 398 g/mol. The molecule has 0 saturated carbocycles. The van der Waals surface area contributed by atoms with Crippen LogP contribution in [0.15, 0.2) is 66.3 Å². The first-order valence-corrected chi connectivity index (χ1v) is 10.4. The van der Waals surface area contributed by atoms with E-state index in [1.807, 2.05) is 66.2 Å². The number of hydrogen-bond donors (Lipinski definition) is 1. The monoisotopic (exact) mass is 419 g/mol. The van der Waals surface area contributed by atoms with Gasteiger partial charge in [-0.05, 0) is 37.1 Å². The Bertz CT molecular complexity index is 1150. The van der Waals surface area contributed by atoms with E-state index in [0.29, 0.717) is 16.9 Å². The molecule has 6 nitrogen and oxygen atoms in total. The van der Waals surface area contributed by atoms with Gasteiger partial charge in [0, 0.05) is 29.0 Å². The van der Waals surface area contributed by atoms with E-state index in [4.69, 9.17) is 4.74 Å². The first kappa shape index (κ1) is 19.8. The summed E-state index contributed by atoms with van der Waals surface area (Å²) in [7, 11) is 0. The van der Waals surface area contributed by atoms with Gasteiger partial charge in [0.2, 0.25) is 6.10 Å². The third kappa shape index (κ3) is 4.58. The average molecular weight is 420 g/mol. The fourth-order valence-corrected chi connectivity index (χ4v) is 4.06. The van der Waals surface area contributed by atoms with E-state index >= 15 is 0 Å². The van der Waals surface area contributed by atoms with Crippen LogP contribution in [0.2, 0.25) is 0 Å². The Hall–Kier alpha value is -3.45. The Morgan fingerprint density at radius 1 is 1.13 bits per heavy atom. The number of anilines is 1. The number of amides is 1. The van der Waals surface area contributed by atoms with Crippen molar-refractivity contribution in [1.29, 1.82) is 0 Å². The van der Waals surface area contributed by atoms with E-state index in [1.165, 1.54) is 11.3 Å². The van der Waals surface area contributed by atoms with Crippen LogP contribution in [-0.2, 0) is 20.7 Å². The van der Waals surface area contributed by atoms with E-state index < -0.39 is 18.0 Å². The third-order valence-corrected chi connectivity index (χ3v) is 5.32. The molecule has 4 aromatic rings. The fourth-order valence-electron chi connectivity index (χ4n) is 3.34. The van der Waals surface area contributed by atoms with Crippen LogP contribution in [0.4, 0.5) is 5.69 Å². The number of ether oxygens (including phenoxy) is 1. The number of fused-ring (bicyclic) bond motifs is 1. The molecule has 0 unspecified atom stereocenters. The van der Waals surface area contributed by atoms with Crippen molar-refractivity contribution in [1.82, 2.24) is 9.38 Å². The van der Waals surface area contributed by atoms with Gasteiger partial charge in [0.05, 0.1) is 12.1 Å². The summed E-state index contributed by atoms with van der Waals surface area (Å²) in [5, 5.41) is 4.80. The Morgan fingerprint density at radius 3 is 2.57 bits per heavy atom. The molecule has 2 aromatic heterocycles. The van der Waals surface area contributed by atoms with Crippen LogP contribution in [-0.4, -0.2) is 21.3 Å².